The lowest BCUT2D eigenvalue weighted by atomic mass is 9.73. The average Bonchev–Trinajstić information content (AvgIpc) is 3.25. The highest BCUT2D eigenvalue weighted by atomic mass is 35.5. The molecular formula is C26H30ClFN8O2. The van der Waals surface area contributed by atoms with E-state index in [9.17, 15) is 9.18 Å². The molecule has 2 aliphatic rings. The summed E-state index contributed by atoms with van der Waals surface area (Å²) in [6.45, 7) is 5.36. The molecule has 4 N–H and O–H groups in total. The van der Waals surface area contributed by atoms with Crippen LogP contribution in [0.25, 0.3) is 11.2 Å². The molecule has 2 fully saturated rings. The molecule has 38 heavy (non-hydrogen) atoms. The molecule has 0 bridgehead atoms. The second-order valence-electron chi connectivity index (χ2n) is 10.5. The van der Waals surface area contributed by atoms with Crippen molar-refractivity contribution in [2.24, 2.45) is 17.1 Å². The highest BCUT2D eigenvalue weighted by Gasteiger charge is 2.38. The molecule has 3 aromatic rings. The van der Waals surface area contributed by atoms with Crippen LogP contribution in [0.2, 0.25) is 5.02 Å². The molecular weight excluding hydrogens is 511 g/mol. The number of fused-ring (bicyclic) bond motifs is 1. The Morgan fingerprint density at radius 1 is 1.32 bits per heavy atom. The number of ether oxygens (including phenoxy) is 1. The maximum absolute atomic E-state index is 14.9. The van der Waals surface area contributed by atoms with Gasteiger partial charge in [0.2, 0.25) is 17.8 Å². The summed E-state index contributed by atoms with van der Waals surface area (Å²) in [5.41, 5.74) is 6.35. The first-order valence-electron chi connectivity index (χ1n) is 12.7. The number of halogens is 2. The second kappa shape index (κ2) is 10.3. The number of nitrogens with two attached hydrogens (primary N) is 1. The quantitative estimate of drug-likeness (QED) is 0.409. The van der Waals surface area contributed by atoms with Crippen molar-refractivity contribution in [3.63, 3.8) is 0 Å². The topological polar surface area (TPSA) is 144 Å². The highest BCUT2D eigenvalue weighted by molar-refractivity contribution is 6.33. The van der Waals surface area contributed by atoms with E-state index in [2.05, 4.69) is 27.5 Å². The molecule has 10 nitrogen and oxygen atoms in total. The molecule has 5 rings (SSSR count). The van der Waals surface area contributed by atoms with E-state index in [0.29, 0.717) is 67.9 Å². The van der Waals surface area contributed by atoms with Gasteiger partial charge in [0, 0.05) is 24.1 Å². The number of carbonyl (C=O) groups is 1. The maximum Gasteiger partial charge on any atom is 0.224 e. The number of imidazole rings is 1. The lowest BCUT2D eigenvalue weighted by Gasteiger charge is -2.35. The third-order valence-electron chi connectivity index (χ3n) is 7.81. The summed E-state index contributed by atoms with van der Waals surface area (Å²) in [7, 11) is 0. The van der Waals surface area contributed by atoms with Gasteiger partial charge in [-0.25, -0.2) is 14.4 Å². The maximum atomic E-state index is 14.9. The third-order valence-corrected chi connectivity index (χ3v) is 8.11. The Hall–Kier alpha value is -3.49. The number of carbonyl (C=O) groups excluding carboxylic acids is 1. The zero-order valence-electron chi connectivity index (χ0n) is 21.3. The summed E-state index contributed by atoms with van der Waals surface area (Å²) in [5.74, 6) is 0.153. The number of amides is 1. The van der Waals surface area contributed by atoms with Gasteiger partial charge in [-0.2, -0.15) is 10.2 Å². The van der Waals surface area contributed by atoms with Crippen molar-refractivity contribution < 1.29 is 13.9 Å². The number of rotatable bonds is 6. The van der Waals surface area contributed by atoms with Crippen LogP contribution in [-0.2, 0) is 9.53 Å². The van der Waals surface area contributed by atoms with Crippen molar-refractivity contribution in [2.45, 2.75) is 58.0 Å². The lowest BCUT2D eigenvalue weighted by molar-refractivity contribution is -0.128. The van der Waals surface area contributed by atoms with Gasteiger partial charge in [-0.1, -0.05) is 25.4 Å². The predicted octanol–water partition coefficient (Wildman–Crippen LogP) is 4.68. The van der Waals surface area contributed by atoms with E-state index in [4.69, 9.17) is 32.3 Å². The zero-order chi connectivity index (χ0) is 27.0. The predicted molar refractivity (Wildman–Crippen MR) is 142 cm³/mol. The lowest BCUT2D eigenvalue weighted by Crippen LogP contribution is -2.38. The van der Waals surface area contributed by atoms with Crippen LogP contribution in [0.3, 0.4) is 0 Å². The number of aromatic nitrogens is 4. The fourth-order valence-corrected chi connectivity index (χ4v) is 5.52. The van der Waals surface area contributed by atoms with Crippen LogP contribution in [0.1, 0.15) is 57.6 Å². The number of primary amides is 1. The van der Waals surface area contributed by atoms with Crippen molar-refractivity contribution in [2.75, 3.05) is 23.8 Å². The molecule has 1 aromatic carbocycles. The van der Waals surface area contributed by atoms with Crippen LogP contribution in [0.4, 0.5) is 22.0 Å². The van der Waals surface area contributed by atoms with Crippen LogP contribution in [-0.4, -0.2) is 44.7 Å². The van der Waals surface area contributed by atoms with Gasteiger partial charge >= 0.3 is 0 Å². The Morgan fingerprint density at radius 2 is 2.08 bits per heavy atom. The van der Waals surface area contributed by atoms with Gasteiger partial charge in [0.15, 0.2) is 5.65 Å². The monoisotopic (exact) mass is 540 g/mol. The van der Waals surface area contributed by atoms with Gasteiger partial charge in [0.05, 0.1) is 35.1 Å². The van der Waals surface area contributed by atoms with Crippen molar-refractivity contribution in [1.82, 2.24) is 19.5 Å². The minimum atomic E-state index is -0.667. The van der Waals surface area contributed by atoms with E-state index in [-0.39, 0.29) is 34.3 Å². The van der Waals surface area contributed by atoms with Crippen LogP contribution in [0, 0.1) is 28.5 Å². The number of benzene rings is 1. The summed E-state index contributed by atoms with van der Waals surface area (Å²) in [6, 6.07) is 4.52. The van der Waals surface area contributed by atoms with E-state index in [1.807, 2.05) is 17.6 Å². The number of nitrogens with one attached hydrogen (secondary N) is 2. The highest BCUT2D eigenvalue weighted by Crippen LogP contribution is 2.43. The Morgan fingerprint density at radius 3 is 2.74 bits per heavy atom. The van der Waals surface area contributed by atoms with Crippen molar-refractivity contribution in [3.8, 4) is 6.07 Å². The van der Waals surface area contributed by atoms with Crippen LogP contribution < -0.4 is 16.4 Å². The fourth-order valence-electron chi connectivity index (χ4n) is 5.27. The van der Waals surface area contributed by atoms with Crippen LogP contribution in [0.15, 0.2) is 18.3 Å². The summed E-state index contributed by atoms with van der Waals surface area (Å²) in [4.78, 5) is 26.0. The Bertz CT molecular complexity index is 1390. The van der Waals surface area contributed by atoms with Gasteiger partial charge in [-0.15, -0.1) is 0 Å². The number of nitrogens with zero attached hydrogens (tertiary/aromatic N) is 5. The first kappa shape index (κ1) is 26.1. The average molecular weight is 541 g/mol. The Labute approximate surface area is 224 Å². The third kappa shape index (κ3) is 4.98. The van der Waals surface area contributed by atoms with Crippen molar-refractivity contribution >= 4 is 46.3 Å². The molecule has 0 unspecified atom stereocenters. The van der Waals surface area contributed by atoms with Gasteiger partial charge in [-0.3, -0.25) is 9.36 Å². The SMILES string of the molecule is C[C@@H]1COCC[C@H]1Nc1ncc2nc(Nc3c(F)cc(C#N)cc3Cl)n([C@H]3CC[C@@](C)(C(N)=O)CC3)c2n1. The van der Waals surface area contributed by atoms with Gasteiger partial charge in [-0.05, 0) is 50.2 Å². The van der Waals surface area contributed by atoms with Crippen LogP contribution >= 0.6 is 11.6 Å². The molecule has 1 saturated heterocycles. The van der Waals surface area contributed by atoms with E-state index in [1.54, 1.807) is 6.20 Å². The molecule has 3 heterocycles. The molecule has 1 saturated carbocycles. The molecule has 1 aliphatic heterocycles. The van der Waals surface area contributed by atoms with E-state index >= 15 is 0 Å². The molecule has 2 aromatic heterocycles. The molecule has 0 radical (unpaired) electrons. The van der Waals surface area contributed by atoms with Gasteiger partial charge < -0.3 is 21.1 Å². The van der Waals surface area contributed by atoms with E-state index < -0.39 is 11.2 Å². The number of hydrogen-bond acceptors (Lipinski definition) is 8. The van der Waals surface area contributed by atoms with Gasteiger partial charge in [0.1, 0.15) is 11.3 Å². The number of anilines is 3. The summed E-state index contributed by atoms with van der Waals surface area (Å²) in [5, 5.41) is 15.7. The zero-order valence-corrected chi connectivity index (χ0v) is 22.1. The largest absolute Gasteiger partial charge is 0.381 e. The molecule has 0 spiro atoms. The van der Waals surface area contributed by atoms with Gasteiger partial charge in [0.25, 0.3) is 0 Å². The standard InChI is InChI=1S/C26H30ClFN8O2/c1-14-13-38-8-5-19(14)32-24-31-12-20-22(35-24)36(16-3-6-26(2,7-4-16)23(30)37)25(33-20)34-21-17(27)9-15(11-29)10-18(21)28/h9-10,12,14,16,19H,3-8,13H2,1-2H3,(H2,30,37)(H,33,34)(H,31,32,35)/t14-,16-,19-,26+/m1/s1. The number of hydrogen-bond donors (Lipinski definition) is 3. The van der Waals surface area contributed by atoms with E-state index in [0.717, 1.165) is 12.5 Å². The molecule has 1 amide bonds. The molecule has 1 aliphatic carbocycles. The molecule has 12 heteroatoms. The number of nitriles is 1. The smallest absolute Gasteiger partial charge is 0.224 e. The summed E-state index contributed by atoms with van der Waals surface area (Å²) < 4.78 is 22.4. The summed E-state index contributed by atoms with van der Waals surface area (Å²) in [6.07, 6.45) is 5.02. The minimum Gasteiger partial charge on any atom is -0.381 e. The van der Waals surface area contributed by atoms with Crippen LogP contribution in [0.5, 0.6) is 0 Å². The first-order valence-corrected chi connectivity index (χ1v) is 13.1. The van der Waals surface area contributed by atoms with Crippen molar-refractivity contribution in [1.29, 1.82) is 5.26 Å². The van der Waals surface area contributed by atoms with E-state index in [1.165, 1.54) is 6.07 Å². The van der Waals surface area contributed by atoms with Crippen molar-refractivity contribution in [3.05, 3.63) is 34.7 Å². The normalized spacial score (nSPS) is 25.6. The first-order chi connectivity index (χ1) is 18.2. The minimum absolute atomic E-state index is 0.0161. The summed E-state index contributed by atoms with van der Waals surface area (Å²) >= 11 is 6.33. The fraction of sp³-hybridized carbons (Fsp3) is 0.500. The Kier molecular flexibility index (Phi) is 7.11. The second-order valence-corrected chi connectivity index (χ2v) is 10.9. The Balaban J connectivity index is 1.54. The molecule has 200 valence electrons. The molecule has 2 atom stereocenters.